The van der Waals surface area contributed by atoms with E-state index in [0.29, 0.717) is 22.3 Å². The van der Waals surface area contributed by atoms with Gasteiger partial charge in [-0.1, -0.05) is 60.7 Å². The summed E-state index contributed by atoms with van der Waals surface area (Å²) in [6.45, 7) is 0. The van der Waals surface area contributed by atoms with Crippen LogP contribution >= 0.6 is 22.7 Å². The van der Waals surface area contributed by atoms with Crippen LogP contribution in [0.4, 0.5) is 0 Å². The Bertz CT molecular complexity index is 1640. The van der Waals surface area contributed by atoms with Crippen LogP contribution in [-0.4, -0.2) is 26.4 Å². The fourth-order valence-electron chi connectivity index (χ4n) is 3.85. The second kappa shape index (κ2) is 8.33. The smallest absolute Gasteiger partial charge is 0.355 e. The van der Waals surface area contributed by atoms with Gasteiger partial charge < -0.3 is 5.11 Å². The first-order valence-electron chi connectivity index (χ1n) is 10.4. The zero-order chi connectivity index (χ0) is 23.1. The molecule has 2 aromatic carbocycles. The largest absolute Gasteiger partial charge is 0.476 e. The van der Waals surface area contributed by atoms with E-state index in [1.165, 1.54) is 22.7 Å². The highest BCUT2D eigenvalue weighted by Crippen LogP contribution is 2.42. The molecular formula is C26H15N3O3S2. The lowest BCUT2D eigenvalue weighted by molar-refractivity contribution is 0.0692. The van der Waals surface area contributed by atoms with Gasteiger partial charge in [0.15, 0.2) is 11.2 Å². The molecule has 0 spiro atoms. The molecule has 4 heterocycles. The van der Waals surface area contributed by atoms with Crippen LogP contribution in [0.5, 0.6) is 0 Å². The molecule has 0 aliphatic heterocycles. The molecule has 0 aliphatic rings. The van der Waals surface area contributed by atoms with Gasteiger partial charge in [-0.25, -0.2) is 14.4 Å². The van der Waals surface area contributed by atoms with E-state index in [0.717, 1.165) is 30.6 Å². The molecule has 8 heteroatoms. The summed E-state index contributed by atoms with van der Waals surface area (Å²) in [5.74, 6) is -1.13. The third-order valence-electron chi connectivity index (χ3n) is 5.42. The second-order valence-corrected chi connectivity index (χ2v) is 9.68. The standard InChI is InChI=1S/C26H15N3O3S2/c30-26(31)24-21(19-13-11-17(33-19)15-7-3-1-4-8-15)23-25(29-32-28-23)22(27-24)20-14-12-18(34-20)16-9-5-2-6-10-16/h1-14H,(H,30,31). The normalized spacial score (nSPS) is 11.2. The Kier molecular flexibility index (Phi) is 5.01. The maximum Gasteiger partial charge on any atom is 0.355 e. The van der Waals surface area contributed by atoms with E-state index in [1.54, 1.807) is 0 Å². The molecule has 6 nitrogen and oxygen atoms in total. The van der Waals surface area contributed by atoms with Crippen molar-refractivity contribution in [2.45, 2.75) is 0 Å². The third kappa shape index (κ3) is 3.49. The molecule has 0 aliphatic carbocycles. The van der Waals surface area contributed by atoms with Crippen LogP contribution < -0.4 is 0 Å². The van der Waals surface area contributed by atoms with Crippen LogP contribution in [0.15, 0.2) is 89.6 Å². The van der Waals surface area contributed by atoms with Crippen molar-refractivity contribution in [3.05, 3.63) is 90.6 Å². The van der Waals surface area contributed by atoms with Crippen LogP contribution in [0.25, 0.3) is 52.9 Å². The van der Waals surface area contributed by atoms with Gasteiger partial charge in [0.2, 0.25) is 0 Å². The van der Waals surface area contributed by atoms with Gasteiger partial charge in [0.25, 0.3) is 0 Å². The van der Waals surface area contributed by atoms with Gasteiger partial charge in [-0.2, -0.15) is 0 Å². The lowest BCUT2D eigenvalue weighted by Crippen LogP contribution is -2.05. The van der Waals surface area contributed by atoms with Crippen LogP contribution in [0.2, 0.25) is 0 Å². The van der Waals surface area contributed by atoms with Crippen molar-refractivity contribution in [3.63, 3.8) is 0 Å². The zero-order valence-corrected chi connectivity index (χ0v) is 19.1. The van der Waals surface area contributed by atoms with E-state index in [2.05, 4.69) is 15.3 Å². The minimum atomic E-state index is -1.13. The number of carboxylic acid groups (broad SMARTS) is 1. The molecule has 6 rings (SSSR count). The summed E-state index contributed by atoms with van der Waals surface area (Å²) < 4.78 is 5.08. The minimum Gasteiger partial charge on any atom is -0.476 e. The summed E-state index contributed by atoms with van der Waals surface area (Å²) in [7, 11) is 0. The van der Waals surface area contributed by atoms with Crippen molar-refractivity contribution in [2.75, 3.05) is 0 Å². The molecule has 4 aromatic heterocycles. The molecule has 0 fully saturated rings. The Morgan fingerprint density at radius 2 is 1.21 bits per heavy atom. The average Bonchev–Trinajstić information content (AvgIpc) is 3.65. The van der Waals surface area contributed by atoms with E-state index in [1.807, 2.05) is 84.9 Å². The Labute approximate surface area is 201 Å². The first-order chi connectivity index (χ1) is 16.7. The summed E-state index contributed by atoms with van der Waals surface area (Å²) in [6, 6.07) is 27.7. The Morgan fingerprint density at radius 3 is 1.82 bits per heavy atom. The van der Waals surface area contributed by atoms with Gasteiger partial charge in [-0.15, -0.1) is 22.7 Å². The van der Waals surface area contributed by atoms with Gasteiger partial charge in [-0.05, 0) is 45.7 Å². The van der Waals surface area contributed by atoms with Crippen LogP contribution in [0.3, 0.4) is 0 Å². The average molecular weight is 482 g/mol. The summed E-state index contributed by atoms with van der Waals surface area (Å²) in [4.78, 5) is 20.5. The molecule has 0 bridgehead atoms. The summed E-state index contributed by atoms with van der Waals surface area (Å²) in [5.41, 5.74) is 3.75. The van der Waals surface area contributed by atoms with E-state index in [-0.39, 0.29) is 5.69 Å². The number of pyridine rings is 1. The van der Waals surface area contributed by atoms with Crippen LogP contribution in [-0.2, 0) is 0 Å². The quantitative estimate of drug-likeness (QED) is 0.282. The van der Waals surface area contributed by atoms with E-state index < -0.39 is 5.97 Å². The highest BCUT2D eigenvalue weighted by atomic mass is 32.1. The van der Waals surface area contributed by atoms with Crippen molar-refractivity contribution in [2.24, 2.45) is 0 Å². The fraction of sp³-hybridized carbons (Fsp3) is 0. The lowest BCUT2D eigenvalue weighted by Gasteiger charge is -2.07. The number of rotatable bonds is 5. The van der Waals surface area contributed by atoms with Crippen molar-refractivity contribution in [1.29, 1.82) is 0 Å². The number of benzene rings is 2. The molecular weight excluding hydrogens is 466 g/mol. The Balaban J connectivity index is 1.51. The van der Waals surface area contributed by atoms with Gasteiger partial charge >= 0.3 is 5.97 Å². The molecule has 0 radical (unpaired) electrons. The highest BCUT2D eigenvalue weighted by Gasteiger charge is 2.26. The van der Waals surface area contributed by atoms with Gasteiger partial charge in [0, 0.05) is 14.6 Å². The molecule has 164 valence electrons. The summed E-state index contributed by atoms with van der Waals surface area (Å²) in [5, 5.41) is 18.3. The predicted molar refractivity (Wildman–Crippen MR) is 134 cm³/mol. The molecule has 0 saturated carbocycles. The number of aromatic nitrogens is 3. The van der Waals surface area contributed by atoms with Crippen LogP contribution in [0, 0.1) is 0 Å². The topological polar surface area (TPSA) is 89.1 Å². The number of fused-ring (bicyclic) bond motifs is 1. The van der Waals surface area contributed by atoms with Crippen molar-refractivity contribution in [1.82, 2.24) is 15.3 Å². The first-order valence-corrected chi connectivity index (χ1v) is 12.0. The fourth-order valence-corrected chi connectivity index (χ4v) is 5.91. The number of aromatic carboxylic acids is 1. The van der Waals surface area contributed by atoms with Gasteiger partial charge in [0.1, 0.15) is 11.2 Å². The second-order valence-electron chi connectivity index (χ2n) is 7.51. The highest BCUT2D eigenvalue weighted by molar-refractivity contribution is 7.19. The number of hydrogen-bond acceptors (Lipinski definition) is 7. The van der Waals surface area contributed by atoms with E-state index in [9.17, 15) is 9.90 Å². The Morgan fingerprint density at radius 1 is 0.676 bits per heavy atom. The Hall–Kier alpha value is -4.14. The van der Waals surface area contributed by atoms with E-state index in [4.69, 9.17) is 4.63 Å². The predicted octanol–water partition coefficient (Wildman–Crippen LogP) is 7.11. The van der Waals surface area contributed by atoms with Crippen molar-refractivity contribution >= 4 is 39.7 Å². The SMILES string of the molecule is O=C(O)c1nc(-c2ccc(-c3ccccc3)s2)c2nonc2c1-c1ccc(-c2ccccc2)s1. The molecule has 0 unspecified atom stereocenters. The maximum absolute atomic E-state index is 12.3. The van der Waals surface area contributed by atoms with Gasteiger partial charge in [0.05, 0.1) is 10.4 Å². The minimum absolute atomic E-state index is 0.0747. The molecule has 0 saturated heterocycles. The monoisotopic (exact) mass is 481 g/mol. The summed E-state index contributed by atoms with van der Waals surface area (Å²) in [6.07, 6.45) is 0. The van der Waals surface area contributed by atoms with Gasteiger partial charge in [-0.3, -0.25) is 0 Å². The van der Waals surface area contributed by atoms with Crippen molar-refractivity contribution in [3.8, 4) is 41.9 Å². The number of carbonyl (C=O) groups is 1. The van der Waals surface area contributed by atoms with E-state index >= 15 is 0 Å². The summed E-state index contributed by atoms with van der Waals surface area (Å²) >= 11 is 3.00. The molecule has 1 N–H and O–H groups in total. The first kappa shape index (κ1) is 20.5. The number of carboxylic acids is 1. The third-order valence-corrected chi connectivity index (χ3v) is 7.71. The van der Waals surface area contributed by atoms with Crippen molar-refractivity contribution < 1.29 is 14.5 Å². The molecule has 0 amide bonds. The lowest BCUT2D eigenvalue weighted by atomic mass is 10.1. The number of nitrogens with zero attached hydrogens (tertiary/aromatic N) is 3. The molecule has 0 atom stereocenters. The molecule has 34 heavy (non-hydrogen) atoms. The molecule has 6 aromatic rings. The maximum atomic E-state index is 12.3. The zero-order valence-electron chi connectivity index (χ0n) is 17.5. The number of hydrogen-bond donors (Lipinski definition) is 1. The number of thiophene rings is 2. The van der Waals surface area contributed by atoms with Crippen LogP contribution in [0.1, 0.15) is 10.5 Å².